The molecule has 0 bridgehead atoms. The summed E-state index contributed by atoms with van der Waals surface area (Å²) in [5.74, 6) is 0.585. The van der Waals surface area contributed by atoms with E-state index in [-0.39, 0.29) is 0 Å². The Morgan fingerprint density at radius 1 is 1.06 bits per heavy atom. The first-order chi connectivity index (χ1) is 8.74. The molecule has 2 aromatic rings. The molecule has 4 heteroatoms. The minimum atomic E-state index is -3.22. The largest absolute Gasteiger partial charge is 0.425 e. The normalized spacial score (nSPS) is 19.9. The van der Waals surface area contributed by atoms with Gasteiger partial charge in [0.2, 0.25) is 0 Å². The van der Waals surface area contributed by atoms with Crippen molar-refractivity contribution in [2.75, 3.05) is 0 Å². The van der Waals surface area contributed by atoms with Crippen LogP contribution >= 0.6 is 7.52 Å². The first-order valence-corrected chi connectivity index (χ1v) is 7.08. The summed E-state index contributed by atoms with van der Waals surface area (Å²) in [5, 5.41) is 3.13. The summed E-state index contributed by atoms with van der Waals surface area (Å²) < 4.78 is 18.3. The summed E-state index contributed by atoms with van der Waals surface area (Å²) in [6.45, 7) is 0. The van der Waals surface area contributed by atoms with Gasteiger partial charge in [0.15, 0.2) is 0 Å². The maximum Gasteiger partial charge on any atom is 0.379 e. The second-order valence-electron chi connectivity index (χ2n) is 3.91. The zero-order valence-electron chi connectivity index (χ0n) is 9.46. The Hall–Kier alpha value is -2.17. The Labute approximate surface area is 105 Å². The maximum atomic E-state index is 12.7. The van der Waals surface area contributed by atoms with Crippen LogP contribution in [0.1, 0.15) is 0 Å². The van der Waals surface area contributed by atoms with Crippen LogP contribution < -0.4 is 14.9 Å². The predicted octanol–water partition coefficient (Wildman–Crippen LogP) is 2.74. The third-order valence-corrected chi connectivity index (χ3v) is 4.74. The van der Waals surface area contributed by atoms with Gasteiger partial charge in [0, 0.05) is 17.2 Å². The van der Waals surface area contributed by atoms with Crippen LogP contribution in [0.3, 0.4) is 0 Å². The lowest BCUT2D eigenvalue weighted by Gasteiger charge is -2.27. The molecule has 3 rings (SSSR count). The van der Waals surface area contributed by atoms with Crippen molar-refractivity contribution in [2.45, 2.75) is 0 Å². The Morgan fingerprint density at radius 3 is 2.50 bits per heavy atom. The highest BCUT2D eigenvalue weighted by atomic mass is 31.2. The second kappa shape index (κ2) is 3.94. The molecule has 1 unspecified atom stereocenters. The molecule has 0 spiro atoms. The van der Waals surface area contributed by atoms with Gasteiger partial charge in [0.1, 0.15) is 5.75 Å². The molecular weight excluding hydrogens is 245 g/mol. The smallest absolute Gasteiger partial charge is 0.379 e. The summed E-state index contributed by atoms with van der Waals surface area (Å²) in [7, 11) is -3.22. The SMILES string of the molecule is C#CNP1(=O)Oc2ccccc2-c2ccccc21. The Bertz CT molecular complexity index is 703. The molecule has 0 saturated heterocycles. The number of nitrogens with one attached hydrogen (secondary N) is 1. The van der Waals surface area contributed by atoms with Gasteiger partial charge in [-0.2, -0.15) is 0 Å². The average Bonchev–Trinajstić information content (AvgIpc) is 2.39. The molecule has 0 saturated carbocycles. The van der Waals surface area contributed by atoms with Crippen LogP contribution in [0.4, 0.5) is 0 Å². The molecule has 1 heterocycles. The number of hydrogen-bond donors (Lipinski definition) is 1. The fourth-order valence-electron chi connectivity index (χ4n) is 2.08. The van der Waals surface area contributed by atoms with Crippen LogP contribution in [0, 0.1) is 12.5 Å². The molecule has 0 aromatic heterocycles. The lowest BCUT2D eigenvalue weighted by Crippen LogP contribution is -2.24. The Balaban J connectivity index is 2.30. The van der Waals surface area contributed by atoms with Crippen molar-refractivity contribution < 1.29 is 9.09 Å². The van der Waals surface area contributed by atoms with Crippen molar-refractivity contribution in [1.82, 2.24) is 5.09 Å². The molecule has 0 radical (unpaired) electrons. The number of para-hydroxylation sites is 1. The van der Waals surface area contributed by atoms with Crippen LogP contribution in [0.5, 0.6) is 5.75 Å². The third-order valence-electron chi connectivity index (χ3n) is 2.84. The van der Waals surface area contributed by atoms with E-state index in [1.165, 1.54) is 0 Å². The summed E-state index contributed by atoms with van der Waals surface area (Å²) in [4.78, 5) is 0. The van der Waals surface area contributed by atoms with E-state index in [4.69, 9.17) is 10.9 Å². The standard InChI is InChI=1S/C14H10NO2P/c1-2-15-18(16)14-10-6-4-8-12(14)11-7-3-5-9-13(11)17-18/h1,3-10H,(H,15,16). The number of fused-ring (bicyclic) bond motifs is 3. The molecule has 1 aliphatic rings. The number of benzene rings is 2. The van der Waals surface area contributed by atoms with E-state index in [0.29, 0.717) is 11.1 Å². The van der Waals surface area contributed by atoms with Crippen LogP contribution in [0.25, 0.3) is 11.1 Å². The van der Waals surface area contributed by atoms with E-state index in [2.05, 4.69) is 11.1 Å². The van der Waals surface area contributed by atoms with Crippen molar-refractivity contribution in [3.05, 3.63) is 48.5 Å². The zero-order chi connectivity index (χ0) is 12.6. The van der Waals surface area contributed by atoms with Gasteiger partial charge >= 0.3 is 7.52 Å². The van der Waals surface area contributed by atoms with Crippen LogP contribution in [0.2, 0.25) is 0 Å². The van der Waals surface area contributed by atoms with Gasteiger partial charge in [0.05, 0.1) is 5.30 Å². The predicted molar refractivity (Wildman–Crippen MR) is 71.7 cm³/mol. The van der Waals surface area contributed by atoms with Crippen molar-refractivity contribution in [1.29, 1.82) is 0 Å². The Morgan fingerprint density at radius 2 is 1.72 bits per heavy atom. The Kier molecular flexibility index (Phi) is 2.40. The van der Waals surface area contributed by atoms with Gasteiger partial charge in [-0.15, -0.1) is 0 Å². The molecule has 0 amide bonds. The molecule has 18 heavy (non-hydrogen) atoms. The molecule has 1 N–H and O–H groups in total. The highest BCUT2D eigenvalue weighted by Crippen LogP contribution is 2.51. The topological polar surface area (TPSA) is 38.3 Å². The molecule has 88 valence electrons. The molecule has 1 atom stereocenters. The summed E-state index contributed by atoms with van der Waals surface area (Å²) in [6, 6.07) is 17.1. The van der Waals surface area contributed by atoms with E-state index in [1.54, 1.807) is 12.1 Å². The maximum absolute atomic E-state index is 12.7. The van der Waals surface area contributed by atoms with Crippen molar-refractivity contribution in [3.8, 4) is 29.3 Å². The van der Waals surface area contributed by atoms with E-state index in [0.717, 1.165) is 11.1 Å². The van der Waals surface area contributed by atoms with Gasteiger partial charge < -0.3 is 4.52 Å². The van der Waals surface area contributed by atoms with Crippen molar-refractivity contribution >= 4 is 12.8 Å². The van der Waals surface area contributed by atoms with Gasteiger partial charge in [0.25, 0.3) is 0 Å². The minimum Gasteiger partial charge on any atom is -0.425 e. The first kappa shape index (κ1) is 11.0. The highest BCUT2D eigenvalue weighted by molar-refractivity contribution is 7.66. The lowest BCUT2D eigenvalue weighted by atomic mass is 10.0. The quantitative estimate of drug-likeness (QED) is 0.483. The third kappa shape index (κ3) is 1.51. The lowest BCUT2D eigenvalue weighted by molar-refractivity contribution is 0.486. The number of terminal acetylenes is 1. The van der Waals surface area contributed by atoms with Gasteiger partial charge in [-0.05, 0) is 12.1 Å². The van der Waals surface area contributed by atoms with E-state index in [1.807, 2.05) is 36.4 Å². The monoisotopic (exact) mass is 255 g/mol. The fourth-order valence-corrected chi connectivity index (χ4v) is 3.75. The summed E-state index contributed by atoms with van der Waals surface area (Å²) >= 11 is 0. The van der Waals surface area contributed by atoms with Crippen molar-refractivity contribution in [3.63, 3.8) is 0 Å². The average molecular weight is 255 g/mol. The second-order valence-corrected chi connectivity index (χ2v) is 5.90. The van der Waals surface area contributed by atoms with E-state index >= 15 is 0 Å². The molecule has 1 aliphatic heterocycles. The number of rotatable bonds is 1. The van der Waals surface area contributed by atoms with Crippen LogP contribution in [-0.2, 0) is 4.57 Å². The minimum absolute atomic E-state index is 0.585. The first-order valence-electron chi connectivity index (χ1n) is 5.46. The number of hydrogen-bond acceptors (Lipinski definition) is 2. The fraction of sp³-hybridized carbons (Fsp3) is 0. The van der Waals surface area contributed by atoms with Gasteiger partial charge in [-0.25, -0.2) is 4.57 Å². The van der Waals surface area contributed by atoms with Crippen molar-refractivity contribution in [2.24, 2.45) is 0 Å². The molecule has 2 aromatic carbocycles. The van der Waals surface area contributed by atoms with Crippen LogP contribution in [0.15, 0.2) is 48.5 Å². The van der Waals surface area contributed by atoms with E-state index in [9.17, 15) is 4.57 Å². The summed E-state index contributed by atoms with van der Waals surface area (Å²) in [6.07, 6.45) is 5.21. The van der Waals surface area contributed by atoms with Gasteiger partial charge in [-0.3, -0.25) is 5.09 Å². The molecule has 0 aliphatic carbocycles. The van der Waals surface area contributed by atoms with E-state index < -0.39 is 7.52 Å². The molecule has 3 nitrogen and oxygen atoms in total. The zero-order valence-corrected chi connectivity index (χ0v) is 10.4. The molecule has 0 fully saturated rings. The van der Waals surface area contributed by atoms with Gasteiger partial charge in [-0.1, -0.05) is 42.8 Å². The molecular formula is C14H10NO2P. The van der Waals surface area contributed by atoms with Crippen LogP contribution in [-0.4, -0.2) is 0 Å². The summed E-state index contributed by atoms with van der Waals surface area (Å²) in [5.41, 5.74) is 1.82. The highest BCUT2D eigenvalue weighted by Gasteiger charge is 2.35.